The number of hydrogen-bond donors (Lipinski definition) is 2. The fourth-order valence-electron chi connectivity index (χ4n) is 3.13. The van der Waals surface area contributed by atoms with E-state index in [1.807, 2.05) is 0 Å². The smallest absolute Gasteiger partial charge is 0.220 e. The summed E-state index contributed by atoms with van der Waals surface area (Å²) in [5.41, 5.74) is -1.40. The lowest BCUT2D eigenvalue weighted by molar-refractivity contribution is 0.472. The second-order valence-corrected chi connectivity index (χ2v) is 6.78. The van der Waals surface area contributed by atoms with Crippen molar-refractivity contribution in [3.05, 3.63) is 105 Å². The molecule has 0 radical (unpaired) electrons. The molecule has 0 spiro atoms. The van der Waals surface area contributed by atoms with Gasteiger partial charge < -0.3 is 10.2 Å². The molecule has 0 atom stereocenters. The van der Waals surface area contributed by atoms with Crippen LogP contribution in [0.5, 0.6) is 11.5 Å². The third-order valence-electron chi connectivity index (χ3n) is 4.70. The standard InChI is InChI=1S/C24H14F2N2O4/c25-16-9-10-17(28-22(16)14-4-1-2-6-19(29)23(14)31)13-8-11-20(30)24(32)15(12-13)18-5-3-7-21(26)27-18/h1-12H,(H,29,31)(H,30,32). The second-order valence-electron chi connectivity index (χ2n) is 6.78. The molecule has 2 aromatic heterocycles. The van der Waals surface area contributed by atoms with Crippen molar-refractivity contribution in [3.8, 4) is 45.3 Å². The van der Waals surface area contributed by atoms with Gasteiger partial charge in [0.1, 0.15) is 11.5 Å². The summed E-state index contributed by atoms with van der Waals surface area (Å²) in [5.74, 6) is -2.89. The van der Waals surface area contributed by atoms with Gasteiger partial charge in [0.05, 0.1) is 11.4 Å². The Bertz CT molecular complexity index is 1480. The Kier molecular flexibility index (Phi) is 5.43. The number of nitrogens with zero attached hydrogens (tertiary/aromatic N) is 2. The maximum Gasteiger partial charge on any atom is 0.220 e. The van der Waals surface area contributed by atoms with Crippen molar-refractivity contribution in [1.82, 2.24) is 9.97 Å². The highest BCUT2D eigenvalue weighted by Crippen LogP contribution is 2.31. The summed E-state index contributed by atoms with van der Waals surface area (Å²) in [6.07, 6.45) is 0. The SMILES string of the molecule is O=c1ccc(-c2ccc(F)c(-c3ccccc(=O)c3O)n2)cc(-c2cccc(F)n2)c1O. The highest BCUT2D eigenvalue weighted by atomic mass is 19.1. The van der Waals surface area contributed by atoms with Gasteiger partial charge in [-0.25, -0.2) is 14.4 Å². The molecule has 0 saturated carbocycles. The van der Waals surface area contributed by atoms with E-state index in [0.717, 1.165) is 24.3 Å². The third-order valence-corrected chi connectivity index (χ3v) is 4.70. The summed E-state index contributed by atoms with van der Waals surface area (Å²) in [4.78, 5) is 32.1. The van der Waals surface area contributed by atoms with Crippen LogP contribution in [-0.2, 0) is 0 Å². The molecular weight excluding hydrogens is 418 g/mol. The molecule has 32 heavy (non-hydrogen) atoms. The minimum absolute atomic E-state index is 0.0168. The van der Waals surface area contributed by atoms with Crippen LogP contribution in [0.4, 0.5) is 8.78 Å². The highest BCUT2D eigenvalue weighted by molar-refractivity contribution is 5.75. The van der Waals surface area contributed by atoms with Gasteiger partial charge in [0.15, 0.2) is 11.5 Å². The van der Waals surface area contributed by atoms with E-state index in [1.165, 1.54) is 48.5 Å². The van der Waals surface area contributed by atoms with Crippen molar-refractivity contribution >= 4 is 0 Å². The lowest BCUT2D eigenvalue weighted by Gasteiger charge is -2.07. The molecule has 2 heterocycles. The largest absolute Gasteiger partial charge is 0.504 e. The van der Waals surface area contributed by atoms with Crippen LogP contribution in [0, 0.1) is 11.8 Å². The summed E-state index contributed by atoms with van der Waals surface area (Å²) in [5, 5.41) is 20.5. The number of halogens is 2. The molecule has 0 aliphatic carbocycles. The Morgan fingerprint density at radius 1 is 0.656 bits per heavy atom. The predicted molar refractivity (Wildman–Crippen MR) is 114 cm³/mol. The van der Waals surface area contributed by atoms with Crippen LogP contribution < -0.4 is 10.9 Å². The summed E-state index contributed by atoms with van der Waals surface area (Å²) in [7, 11) is 0. The number of rotatable bonds is 3. The van der Waals surface area contributed by atoms with E-state index in [9.17, 15) is 28.6 Å². The maximum atomic E-state index is 14.6. The Labute approximate surface area is 179 Å². The van der Waals surface area contributed by atoms with Crippen LogP contribution >= 0.6 is 0 Å². The van der Waals surface area contributed by atoms with E-state index in [4.69, 9.17) is 0 Å². The summed E-state index contributed by atoms with van der Waals surface area (Å²) < 4.78 is 28.2. The molecule has 0 amide bonds. The lowest BCUT2D eigenvalue weighted by Crippen LogP contribution is -1.98. The van der Waals surface area contributed by atoms with Gasteiger partial charge in [-0.1, -0.05) is 18.2 Å². The molecule has 158 valence electrons. The fourth-order valence-corrected chi connectivity index (χ4v) is 3.13. The normalized spacial score (nSPS) is 10.7. The predicted octanol–water partition coefficient (Wildman–Crippen LogP) is 3.89. The first-order valence-electron chi connectivity index (χ1n) is 9.35. The molecule has 0 fully saturated rings. The van der Waals surface area contributed by atoms with Crippen LogP contribution in [0.3, 0.4) is 0 Å². The Morgan fingerprint density at radius 3 is 2.16 bits per heavy atom. The van der Waals surface area contributed by atoms with E-state index in [2.05, 4.69) is 9.97 Å². The van der Waals surface area contributed by atoms with E-state index < -0.39 is 34.1 Å². The average Bonchev–Trinajstić information content (AvgIpc) is 3.03. The molecule has 6 nitrogen and oxygen atoms in total. The van der Waals surface area contributed by atoms with E-state index in [1.54, 1.807) is 0 Å². The number of pyridine rings is 2. The van der Waals surface area contributed by atoms with Crippen molar-refractivity contribution in [1.29, 1.82) is 0 Å². The maximum absolute atomic E-state index is 14.6. The number of aromatic hydroxyl groups is 2. The van der Waals surface area contributed by atoms with Crippen molar-refractivity contribution < 1.29 is 19.0 Å². The topological polar surface area (TPSA) is 100 Å². The molecule has 2 aromatic carbocycles. The zero-order valence-electron chi connectivity index (χ0n) is 16.3. The molecule has 4 rings (SSSR count). The van der Waals surface area contributed by atoms with Crippen LogP contribution in [0.2, 0.25) is 0 Å². The molecule has 0 saturated heterocycles. The first-order chi connectivity index (χ1) is 15.3. The van der Waals surface area contributed by atoms with Gasteiger partial charge in [0.2, 0.25) is 16.8 Å². The summed E-state index contributed by atoms with van der Waals surface area (Å²) in [6, 6.07) is 15.5. The summed E-state index contributed by atoms with van der Waals surface area (Å²) >= 11 is 0. The average molecular weight is 432 g/mol. The number of hydrogen-bond acceptors (Lipinski definition) is 6. The molecule has 2 N–H and O–H groups in total. The second kappa shape index (κ2) is 8.35. The first kappa shape index (κ1) is 20.8. The van der Waals surface area contributed by atoms with Crippen LogP contribution in [-0.4, -0.2) is 20.2 Å². The molecule has 0 bridgehead atoms. The van der Waals surface area contributed by atoms with Gasteiger partial charge in [0, 0.05) is 16.7 Å². The molecule has 0 aliphatic rings. The minimum Gasteiger partial charge on any atom is -0.504 e. The third kappa shape index (κ3) is 3.93. The van der Waals surface area contributed by atoms with E-state index >= 15 is 0 Å². The Morgan fingerprint density at radius 2 is 1.38 bits per heavy atom. The number of aromatic nitrogens is 2. The lowest BCUT2D eigenvalue weighted by atomic mass is 10.1. The summed E-state index contributed by atoms with van der Waals surface area (Å²) in [6.45, 7) is 0. The highest BCUT2D eigenvalue weighted by Gasteiger charge is 2.16. The van der Waals surface area contributed by atoms with Gasteiger partial charge >= 0.3 is 0 Å². The molecular formula is C24H14F2N2O4. The zero-order chi connectivity index (χ0) is 22.8. The molecule has 4 aromatic rings. The minimum atomic E-state index is -0.801. The zero-order valence-corrected chi connectivity index (χ0v) is 16.3. The van der Waals surface area contributed by atoms with Crippen molar-refractivity contribution in [3.63, 3.8) is 0 Å². The van der Waals surface area contributed by atoms with Gasteiger partial charge in [-0.3, -0.25) is 9.59 Å². The van der Waals surface area contributed by atoms with Crippen molar-refractivity contribution in [2.24, 2.45) is 0 Å². The monoisotopic (exact) mass is 432 g/mol. The Balaban J connectivity index is 1.96. The molecule has 0 aliphatic heterocycles. The van der Waals surface area contributed by atoms with Crippen molar-refractivity contribution in [2.45, 2.75) is 0 Å². The Hall–Kier alpha value is -4.46. The van der Waals surface area contributed by atoms with E-state index in [-0.39, 0.29) is 33.8 Å². The fraction of sp³-hybridized carbons (Fsp3) is 0. The van der Waals surface area contributed by atoms with Crippen molar-refractivity contribution in [2.75, 3.05) is 0 Å². The van der Waals surface area contributed by atoms with Gasteiger partial charge in [0.25, 0.3) is 0 Å². The first-order valence-corrected chi connectivity index (χ1v) is 9.35. The molecule has 0 unspecified atom stereocenters. The van der Waals surface area contributed by atoms with Crippen LogP contribution in [0.1, 0.15) is 0 Å². The van der Waals surface area contributed by atoms with Gasteiger partial charge in [-0.15, -0.1) is 0 Å². The molecule has 8 heteroatoms. The van der Waals surface area contributed by atoms with E-state index in [0.29, 0.717) is 0 Å². The van der Waals surface area contributed by atoms with Crippen LogP contribution in [0.15, 0.2) is 82.4 Å². The van der Waals surface area contributed by atoms with Gasteiger partial charge in [-0.2, -0.15) is 4.39 Å². The van der Waals surface area contributed by atoms with Gasteiger partial charge in [-0.05, 0) is 54.6 Å². The van der Waals surface area contributed by atoms with Crippen LogP contribution in [0.25, 0.3) is 33.8 Å². The quantitative estimate of drug-likeness (QED) is 0.477.